The Morgan fingerprint density at radius 1 is 1.19 bits per heavy atom. The molecule has 4 nitrogen and oxygen atoms in total. The number of rotatable bonds is 2. The second kappa shape index (κ2) is 5.61. The molecule has 0 saturated carbocycles. The molecule has 2 N–H and O–H groups in total. The monoisotopic (exact) mass is 316 g/mol. The predicted molar refractivity (Wildman–Crippen MR) is 70.3 cm³/mol. The molecule has 0 spiro atoms. The van der Waals surface area contributed by atoms with Crippen molar-refractivity contribution in [3.63, 3.8) is 0 Å². The summed E-state index contributed by atoms with van der Waals surface area (Å²) in [5.74, 6) is -0.970. The lowest BCUT2D eigenvalue weighted by Crippen LogP contribution is -2.14. The number of phenolic OH excluding ortho intramolecular Hbond substituents is 1. The van der Waals surface area contributed by atoms with Crippen LogP contribution in [0, 0.1) is 0 Å². The number of nitrogens with one attached hydrogen (secondary N) is 1. The molecule has 0 unspecified atom stereocenters. The van der Waals surface area contributed by atoms with E-state index >= 15 is 0 Å². The van der Waals surface area contributed by atoms with Gasteiger partial charge in [0.2, 0.25) is 0 Å². The number of carbonyl (C=O) groups excluding carboxylic acids is 1. The molecule has 1 heterocycles. The minimum atomic E-state index is -4.62. The van der Waals surface area contributed by atoms with Crippen molar-refractivity contribution in [1.82, 2.24) is 4.98 Å². The van der Waals surface area contributed by atoms with Gasteiger partial charge in [-0.25, -0.2) is 4.98 Å². The number of carbonyl (C=O) groups is 1. The number of alkyl halides is 3. The fourth-order valence-electron chi connectivity index (χ4n) is 1.54. The Morgan fingerprint density at radius 2 is 1.86 bits per heavy atom. The lowest BCUT2D eigenvalue weighted by Gasteiger charge is -2.10. The summed E-state index contributed by atoms with van der Waals surface area (Å²) in [5, 5.41) is 11.3. The van der Waals surface area contributed by atoms with E-state index in [0.29, 0.717) is 6.07 Å². The first-order valence-corrected chi connectivity index (χ1v) is 6.00. The van der Waals surface area contributed by atoms with Crippen LogP contribution >= 0.6 is 11.6 Å². The molecule has 0 atom stereocenters. The second-order valence-electron chi connectivity index (χ2n) is 4.00. The van der Waals surface area contributed by atoms with Crippen molar-refractivity contribution in [3.8, 4) is 5.75 Å². The van der Waals surface area contributed by atoms with E-state index in [4.69, 9.17) is 11.6 Å². The van der Waals surface area contributed by atoms with Crippen LogP contribution in [0.3, 0.4) is 0 Å². The molecule has 1 aromatic carbocycles. The zero-order chi connectivity index (χ0) is 15.6. The van der Waals surface area contributed by atoms with Crippen molar-refractivity contribution in [2.24, 2.45) is 0 Å². The van der Waals surface area contributed by atoms with Gasteiger partial charge in [-0.3, -0.25) is 4.79 Å². The number of amides is 1. The van der Waals surface area contributed by atoms with Crippen molar-refractivity contribution >= 4 is 23.2 Å². The lowest BCUT2D eigenvalue weighted by molar-refractivity contribution is -0.141. The van der Waals surface area contributed by atoms with E-state index in [2.05, 4.69) is 10.3 Å². The Labute approximate surface area is 122 Å². The van der Waals surface area contributed by atoms with Crippen molar-refractivity contribution in [2.75, 3.05) is 5.32 Å². The van der Waals surface area contributed by atoms with Crippen molar-refractivity contribution in [1.29, 1.82) is 0 Å². The molecule has 2 aromatic rings. The number of hydrogen-bond donors (Lipinski definition) is 2. The minimum absolute atomic E-state index is 0.0338. The number of nitrogens with zero attached hydrogens (tertiary/aromatic N) is 1. The first-order valence-electron chi connectivity index (χ1n) is 5.62. The smallest absolute Gasteiger partial charge is 0.433 e. The zero-order valence-corrected chi connectivity index (χ0v) is 11.0. The van der Waals surface area contributed by atoms with Gasteiger partial charge in [-0.1, -0.05) is 23.7 Å². The predicted octanol–water partition coefficient (Wildman–Crippen LogP) is 3.71. The largest absolute Gasteiger partial charge is 0.507 e. The number of pyridine rings is 1. The molecule has 110 valence electrons. The van der Waals surface area contributed by atoms with E-state index in [1.165, 1.54) is 24.3 Å². The van der Waals surface area contributed by atoms with Gasteiger partial charge in [0, 0.05) is 0 Å². The van der Waals surface area contributed by atoms with E-state index in [9.17, 15) is 23.1 Å². The highest BCUT2D eigenvalue weighted by molar-refractivity contribution is 6.32. The highest BCUT2D eigenvalue weighted by Gasteiger charge is 2.33. The second-order valence-corrected chi connectivity index (χ2v) is 4.36. The average molecular weight is 317 g/mol. The number of anilines is 1. The first-order chi connectivity index (χ1) is 9.79. The summed E-state index contributed by atoms with van der Waals surface area (Å²) in [6, 6.07) is 7.42. The van der Waals surface area contributed by atoms with Gasteiger partial charge < -0.3 is 10.4 Å². The van der Waals surface area contributed by atoms with Gasteiger partial charge >= 0.3 is 6.18 Å². The zero-order valence-electron chi connectivity index (χ0n) is 10.3. The number of phenols is 1. The maximum Gasteiger partial charge on any atom is 0.433 e. The molecule has 21 heavy (non-hydrogen) atoms. The van der Waals surface area contributed by atoms with Crippen LogP contribution in [0.25, 0.3) is 0 Å². The maximum absolute atomic E-state index is 12.4. The van der Waals surface area contributed by atoms with Crippen LogP contribution in [-0.4, -0.2) is 16.0 Å². The standard InChI is InChI=1S/C13H8ClF3N2O2/c14-11-8(5-6-10(19-11)13(15,16)17)18-12(21)7-3-1-2-4-9(7)20/h1-6,20H,(H,18,21). The van der Waals surface area contributed by atoms with E-state index in [1.54, 1.807) is 0 Å². The molecule has 0 bridgehead atoms. The summed E-state index contributed by atoms with van der Waals surface area (Å²) in [5.41, 5.74) is -1.28. The Bertz CT molecular complexity index is 689. The maximum atomic E-state index is 12.4. The SMILES string of the molecule is O=C(Nc1ccc(C(F)(F)F)nc1Cl)c1ccccc1O. The molecule has 0 aliphatic carbocycles. The molecule has 2 rings (SSSR count). The summed E-state index contributed by atoms with van der Waals surface area (Å²) in [6.45, 7) is 0. The van der Waals surface area contributed by atoms with Crippen LogP contribution in [0.5, 0.6) is 5.75 Å². The first kappa shape index (κ1) is 15.1. The fraction of sp³-hybridized carbons (Fsp3) is 0.0769. The highest BCUT2D eigenvalue weighted by Crippen LogP contribution is 2.31. The topological polar surface area (TPSA) is 62.2 Å². The Kier molecular flexibility index (Phi) is 4.04. The van der Waals surface area contributed by atoms with E-state index in [-0.39, 0.29) is 17.0 Å². The number of benzene rings is 1. The third kappa shape index (κ3) is 3.43. The molecule has 0 fully saturated rings. The lowest BCUT2D eigenvalue weighted by atomic mass is 10.2. The summed E-state index contributed by atoms with van der Waals surface area (Å²) >= 11 is 5.62. The fourth-order valence-corrected chi connectivity index (χ4v) is 1.74. The van der Waals surface area contributed by atoms with Crippen LogP contribution in [-0.2, 0) is 6.18 Å². The third-order valence-corrected chi connectivity index (χ3v) is 2.82. The van der Waals surface area contributed by atoms with Crippen LogP contribution in [0.4, 0.5) is 18.9 Å². The number of halogens is 4. The molecular weight excluding hydrogens is 309 g/mol. The number of aromatic hydroxyl groups is 1. The van der Waals surface area contributed by atoms with E-state index in [1.807, 2.05) is 0 Å². The van der Waals surface area contributed by atoms with Gasteiger partial charge in [0.25, 0.3) is 5.91 Å². The molecule has 1 aromatic heterocycles. The molecule has 1 amide bonds. The van der Waals surface area contributed by atoms with Crippen molar-refractivity contribution in [2.45, 2.75) is 6.18 Å². The van der Waals surface area contributed by atoms with Gasteiger partial charge in [-0.2, -0.15) is 13.2 Å². The number of aromatic nitrogens is 1. The molecule has 0 saturated heterocycles. The van der Waals surface area contributed by atoms with Gasteiger partial charge in [0.15, 0.2) is 5.15 Å². The summed E-state index contributed by atoms with van der Waals surface area (Å²) in [6.07, 6.45) is -4.62. The molecule has 0 aliphatic rings. The number of para-hydroxylation sites is 1. The third-order valence-electron chi connectivity index (χ3n) is 2.54. The van der Waals surface area contributed by atoms with E-state index in [0.717, 1.165) is 6.07 Å². The number of hydrogen-bond acceptors (Lipinski definition) is 3. The molecule has 0 aliphatic heterocycles. The van der Waals surface area contributed by atoms with Crippen LogP contribution in [0.1, 0.15) is 16.1 Å². The van der Waals surface area contributed by atoms with Crippen molar-refractivity contribution < 1.29 is 23.1 Å². The Morgan fingerprint density at radius 3 is 2.43 bits per heavy atom. The minimum Gasteiger partial charge on any atom is -0.507 e. The molecule has 0 radical (unpaired) electrons. The Hall–Kier alpha value is -2.28. The summed E-state index contributed by atoms with van der Waals surface area (Å²) in [7, 11) is 0. The summed E-state index contributed by atoms with van der Waals surface area (Å²) < 4.78 is 37.3. The van der Waals surface area contributed by atoms with Gasteiger partial charge in [0.1, 0.15) is 11.4 Å². The van der Waals surface area contributed by atoms with Crippen molar-refractivity contribution in [3.05, 3.63) is 52.8 Å². The quantitative estimate of drug-likeness (QED) is 0.830. The molecule has 8 heteroatoms. The molecular formula is C13H8ClF3N2O2. The van der Waals surface area contributed by atoms with Crippen LogP contribution in [0.15, 0.2) is 36.4 Å². The van der Waals surface area contributed by atoms with Gasteiger partial charge in [0.05, 0.1) is 11.3 Å². The van der Waals surface area contributed by atoms with Crippen LogP contribution in [0.2, 0.25) is 5.15 Å². The van der Waals surface area contributed by atoms with Gasteiger partial charge in [-0.15, -0.1) is 0 Å². The Balaban J connectivity index is 2.25. The highest BCUT2D eigenvalue weighted by atomic mass is 35.5. The average Bonchev–Trinajstić information content (AvgIpc) is 2.40. The van der Waals surface area contributed by atoms with Gasteiger partial charge in [-0.05, 0) is 24.3 Å². The normalized spacial score (nSPS) is 11.2. The van der Waals surface area contributed by atoms with Crippen LogP contribution < -0.4 is 5.32 Å². The summed E-state index contributed by atoms with van der Waals surface area (Å²) in [4.78, 5) is 15.1. The van der Waals surface area contributed by atoms with E-state index < -0.39 is 22.9 Å².